The van der Waals surface area contributed by atoms with Gasteiger partial charge in [0.05, 0.1) is 0 Å². The normalized spacial score (nSPS) is 14.3. The van der Waals surface area contributed by atoms with Gasteiger partial charge in [0, 0.05) is 37.4 Å². The molecule has 130 valence electrons. The molecule has 3 rings (SSSR count). The van der Waals surface area contributed by atoms with E-state index in [1.807, 2.05) is 59.5 Å². The van der Waals surface area contributed by atoms with Crippen molar-refractivity contribution in [2.75, 3.05) is 31.5 Å². The molecule has 0 spiro atoms. The summed E-state index contributed by atoms with van der Waals surface area (Å²) in [4.78, 5) is 28.4. The molecule has 0 unspecified atom stereocenters. The van der Waals surface area contributed by atoms with Crippen LogP contribution < -0.4 is 5.32 Å². The Morgan fingerprint density at radius 1 is 0.880 bits per heavy atom. The molecular formula is C20H23N3O2. The molecule has 1 saturated heterocycles. The van der Waals surface area contributed by atoms with Crippen molar-refractivity contribution in [2.24, 2.45) is 0 Å². The lowest BCUT2D eigenvalue weighted by Crippen LogP contribution is -2.51. The number of benzene rings is 2. The van der Waals surface area contributed by atoms with Crippen molar-refractivity contribution in [1.82, 2.24) is 9.80 Å². The minimum absolute atomic E-state index is 0.0331. The van der Waals surface area contributed by atoms with Crippen molar-refractivity contribution >= 4 is 17.6 Å². The van der Waals surface area contributed by atoms with Crippen molar-refractivity contribution < 1.29 is 9.59 Å². The first-order valence-corrected chi connectivity index (χ1v) is 8.66. The molecule has 25 heavy (non-hydrogen) atoms. The first-order chi connectivity index (χ1) is 12.2. The summed E-state index contributed by atoms with van der Waals surface area (Å²) in [5, 5.41) is 2.88. The minimum Gasteiger partial charge on any atom is -0.335 e. The number of aryl methyl sites for hydroxylation is 1. The SMILES string of the molecule is CCc1ccc(C(=O)N2CCN(C(=O)Nc3ccccc3)CC2)cc1. The number of rotatable bonds is 3. The Balaban J connectivity index is 1.54. The van der Waals surface area contributed by atoms with Crippen LogP contribution in [-0.2, 0) is 6.42 Å². The molecule has 1 N–H and O–H groups in total. The summed E-state index contributed by atoms with van der Waals surface area (Å²) in [5.41, 5.74) is 2.71. The highest BCUT2D eigenvalue weighted by atomic mass is 16.2. The zero-order valence-corrected chi connectivity index (χ0v) is 14.4. The largest absolute Gasteiger partial charge is 0.335 e. The third kappa shape index (κ3) is 4.18. The van der Waals surface area contributed by atoms with Gasteiger partial charge < -0.3 is 15.1 Å². The van der Waals surface area contributed by atoms with E-state index in [9.17, 15) is 9.59 Å². The van der Waals surface area contributed by atoms with E-state index in [0.29, 0.717) is 31.7 Å². The van der Waals surface area contributed by atoms with Crippen LogP contribution in [0.15, 0.2) is 54.6 Å². The van der Waals surface area contributed by atoms with Crippen LogP contribution in [0.5, 0.6) is 0 Å². The topological polar surface area (TPSA) is 52.7 Å². The van der Waals surface area contributed by atoms with Crippen LogP contribution in [0, 0.1) is 0 Å². The van der Waals surface area contributed by atoms with Gasteiger partial charge in [0.25, 0.3) is 5.91 Å². The lowest BCUT2D eigenvalue weighted by atomic mass is 10.1. The molecule has 5 nitrogen and oxygen atoms in total. The summed E-state index contributed by atoms with van der Waals surface area (Å²) in [6.07, 6.45) is 0.962. The number of anilines is 1. The fraction of sp³-hybridized carbons (Fsp3) is 0.300. The predicted octanol–water partition coefficient (Wildman–Crippen LogP) is 3.24. The molecule has 0 bridgehead atoms. The van der Waals surface area contributed by atoms with Crippen molar-refractivity contribution in [2.45, 2.75) is 13.3 Å². The molecule has 0 aromatic heterocycles. The molecular weight excluding hydrogens is 314 g/mol. The zero-order chi connectivity index (χ0) is 17.6. The monoisotopic (exact) mass is 337 g/mol. The van der Waals surface area contributed by atoms with Gasteiger partial charge in [0.1, 0.15) is 0 Å². The summed E-state index contributed by atoms with van der Waals surface area (Å²) >= 11 is 0. The Kier molecular flexibility index (Phi) is 5.33. The lowest BCUT2D eigenvalue weighted by molar-refractivity contribution is 0.0671. The highest BCUT2D eigenvalue weighted by Gasteiger charge is 2.24. The summed E-state index contributed by atoms with van der Waals surface area (Å²) in [6, 6.07) is 17.0. The standard InChI is InChI=1S/C20H23N3O2/c1-2-16-8-10-17(11-9-16)19(24)22-12-14-23(15-13-22)20(25)21-18-6-4-3-5-7-18/h3-11H,2,12-15H2,1H3,(H,21,25). The van der Waals surface area contributed by atoms with Gasteiger partial charge in [-0.15, -0.1) is 0 Å². The Labute approximate surface area is 148 Å². The molecule has 0 radical (unpaired) electrons. The predicted molar refractivity (Wildman–Crippen MR) is 98.8 cm³/mol. The van der Waals surface area contributed by atoms with Crippen LogP contribution >= 0.6 is 0 Å². The second kappa shape index (κ2) is 7.83. The van der Waals surface area contributed by atoms with Gasteiger partial charge in [0.15, 0.2) is 0 Å². The fourth-order valence-corrected chi connectivity index (χ4v) is 2.90. The van der Waals surface area contributed by atoms with Crippen molar-refractivity contribution in [1.29, 1.82) is 0 Å². The highest BCUT2D eigenvalue weighted by molar-refractivity contribution is 5.94. The summed E-state index contributed by atoms with van der Waals surface area (Å²) in [6.45, 7) is 4.28. The van der Waals surface area contributed by atoms with Gasteiger partial charge >= 0.3 is 6.03 Å². The fourth-order valence-electron chi connectivity index (χ4n) is 2.90. The van der Waals surface area contributed by atoms with Gasteiger partial charge in [-0.2, -0.15) is 0 Å². The number of nitrogens with one attached hydrogen (secondary N) is 1. The van der Waals surface area contributed by atoms with E-state index in [1.54, 1.807) is 4.90 Å². The zero-order valence-electron chi connectivity index (χ0n) is 14.4. The van der Waals surface area contributed by atoms with Gasteiger partial charge in [-0.05, 0) is 36.2 Å². The molecule has 0 aliphatic carbocycles. The number of amides is 3. The van der Waals surface area contributed by atoms with Crippen molar-refractivity contribution in [3.63, 3.8) is 0 Å². The second-order valence-corrected chi connectivity index (χ2v) is 6.13. The molecule has 0 atom stereocenters. The molecule has 2 aromatic rings. The maximum atomic E-state index is 12.6. The summed E-state index contributed by atoms with van der Waals surface area (Å²) < 4.78 is 0. The van der Waals surface area contributed by atoms with E-state index in [1.165, 1.54) is 5.56 Å². The second-order valence-electron chi connectivity index (χ2n) is 6.13. The Morgan fingerprint density at radius 2 is 1.48 bits per heavy atom. The van der Waals surface area contributed by atoms with Gasteiger partial charge in [-0.3, -0.25) is 4.79 Å². The molecule has 1 aliphatic rings. The van der Waals surface area contributed by atoms with Crippen molar-refractivity contribution in [3.05, 3.63) is 65.7 Å². The van der Waals surface area contributed by atoms with E-state index in [0.717, 1.165) is 12.1 Å². The van der Waals surface area contributed by atoms with E-state index < -0.39 is 0 Å². The molecule has 5 heteroatoms. The van der Waals surface area contributed by atoms with Crippen LogP contribution in [-0.4, -0.2) is 47.9 Å². The van der Waals surface area contributed by atoms with E-state index in [-0.39, 0.29) is 11.9 Å². The maximum absolute atomic E-state index is 12.6. The van der Waals surface area contributed by atoms with Crippen LogP contribution in [0.25, 0.3) is 0 Å². The number of carbonyl (C=O) groups is 2. The molecule has 3 amide bonds. The van der Waals surface area contributed by atoms with E-state index >= 15 is 0 Å². The molecule has 1 heterocycles. The van der Waals surface area contributed by atoms with Gasteiger partial charge in [-0.1, -0.05) is 37.3 Å². The Morgan fingerprint density at radius 3 is 2.08 bits per heavy atom. The number of piperazine rings is 1. The van der Waals surface area contributed by atoms with Crippen LogP contribution in [0.4, 0.5) is 10.5 Å². The summed E-state index contributed by atoms with van der Waals surface area (Å²) in [7, 11) is 0. The molecule has 1 aliphatic heterocycles. The van der Waals surface area contributed by atoms with E-state index in [2.05, 4.69) is 12.2 Å². The lowest BCUT2D eigenvalue weighted by Gasteiger charge is -2.34. The van der Waals surface area contributed by atoms with Crippen LogP contribution in [0.2, 0.25) is 0 Å². The molecule has 0 saturated carbocycles. The number of hydrogen-bond donors (Lipinski definition) is 1. The number of nitrogens with zero attached hydrogens (tertiary/aromatic N) is 2. The van der Waals surface area contributed by atoms with Crippen molar-refractivity contribution in [3.8, 4) is 0 Å². The van der Waals surface area contributed by atoms with Crippen LogP contribution in [0.1, 0.15) is 22.8 Å². The number of para-hydroxylation sites is 1. The average molecular weight is 337 g/mol. The quantitative estimate of drug-likeness (QED) is 0.935. The van der Waals surface area contributed by atoms with E-state index in [4.69, 9.17) is 0 Å². The van der Waals surface area contributed by atoms with Gasteiger partial charge in [-0.25, -0.2) is 4.79 Å². The number of urea groups is 1. The third-order valence-corrected chi connectivity index (χ3v) is 4.49. The average Bonchev–Trinajstić information content (AvgIpc) is 2.68. The molecule has 2 aromatic carbocycles. The smallest absolute Gasteiger partial charge is 0.321 e. The third-order valence-electron chi connectivity index (χ3n) is 4.49. The van der Waals surface area contributed by atoms with Crippen LogP contribution in [0.3, 0.4) is 0 Å². The maximum Gasteiger partial charge on any atom is 0.321 e. The van der Waals surface area contributed by atoms with Gasteiger partial charge in [0.2, 0.25) is 0 Å². The first-order valence-electron chi connectivity index (χ1n) is 8.66. The first kappa shape index (κ1) is 17.0. The molecule has 1 fully saturated rings. The highest BCUT2D eigenvalue weighted by Crippen LogP contribution is 2.12. The minimum atomic E-state index is -0.120. The Bertz CT molecular complexity index is 720. The summed E-state index contributed by atoms with van der Waals surface area (Å²) in [5.74, 6) is 0.0331. The Hall–Kier alpha value is -2.82. The number of hydrogen-bond acceptors (Lipinski definition) is 2. The number of carbonyl (C=O) groups excluding carboxylic acids is 2.